The number of carbonyl (C=O) groups excluding carboxylic acids is 1. The normalized spacial score (nSPS) is 9.93. The number of nitrogens with one attached hydrogen (secondary N) is 1. The Morgan fingerprint density at radius 2 is 2.20 bits per heavy atom. The first kappa shape index (κ1) is 12.2. The standard InChI is InChI=1S/C11H15BrN2O/c12-7-3-1-4-9-14-11(15)10-6-2-5-8-13-10/h2,5-6,8H,1,3-4,7,9H2,(H,14,15). The van der Waals surface area contributed by atoms with E-state index in [2.05, 4.69) is 26.2 Å². The van der Waals surface area contributed by atoms with Gasteiger partial charge in [0.2, 0.25) is 0 Å². The Bertz CT molecular complexity index is 290. The van der Waals surface area contributed by atoms with E-state index in [1.54, 1.807) is 18.3 Å². The summed E-state index contributed by atoms with van der Waals surface area (Å²) >= 11 is 3.37. The van der Waals surface area contributed by atoms with Gasteiger partial charge in [-0.3, -0.25) is 9.78 Å². The second-order valence-corrected chi connectivity index (χ2v) is 4.01. The Kier molecular flexibility index (Phi) is 6.00. The minimum Gasteiger partial charge on any atom is -0.351 e. The molecule has 0 aliphatic heterocycles. The lowest BCUT2D eigenvalue weighted by Gasteiger charge is -2.03. The first-order valence-electron chi connectivity index (χ1n) is 5.10. The number of hydrogen-bond donors (Lipinski definition) is 1. The van der Waals surface area contributed by atoms with Crippen LogP contribution in [0, 0.1) is 0 Å². The highest BCUT2D eigenvalue weighted by molar-refractivity contribution is 9.09. The van der Waals surface area contributed by atoms with Crippen LogP contribution in [0.5, 0.6) is 0 Å². The molecule has 1 N–H and O–H groups in total. The highest BCUT2D eigenvalue weighted by Crippen LogP contribution is 1.98. The van der Waals surface area contributed by atoms with Crippen molar-refractivity contribution in [3.8, 4) is 0 Å². The molecule has 0 aromatic carbocycles. The largest absolute Gasteiger partial charge is 0.351 e. The Morgan fingerprint density at radius 1 is 1.33 bits per heavy atom. The van der Waals surface area contributed by atoms with Crippen molar-refractivity contribution in [2.45, 2.75) is 19.3 Å². The lowest BCUT2D eigenvalue weighted by molar-refractivity contribution is 0.0948. The fourth-order valence-electron chi connectivity index (χ4n) is 1.19. The zero-order valence-electron chi connectivity index (χ0n) is 8.58. The molecule has 1 rings (SSSR count). The quantitative estimate of drug-likeness (QED) is 0.637. The number of nitrogens with zero attached hydrogens (tertiary/aromatic N) is 1. The summed E-state index contributed by atoms with van der Waals surface area (Å²) in [5, 5.41) is 3.87. The Morgan fingerprint density at radius 3 is 2.87 bits per heavy atom. The van der Waals surface area contributed by atoms with Gasteiger partial charge >= 0.3 is 0 Å². The third-order valence-corrected chi connectivity index (χ3v) is 2.55. The van der Waals surface area contributed by atoms with Crippen LogP contribution in [0.15, 0.2) is 24.4 Å². The molecular weight excluding hydrogens is 256 g/mol. The molecule has 0 saturated heterocycles. The van der Waals surface area contributed by atoms with Gasteiger partial charge in [0, 0.05) is 18.1 Å². The molecule has 0 fully saturated rings. The molecule has 0 unspecified atom stereocenters. The van der Waals surface area contributed by atoms with E-state index in [9.17, 15) is 4.79 Å². The molecule has 15 heavy (non-hydrogen) atoms. The summed E-state index contributed by atoms with van der Waals surface area (Å²) in [5.74, 6) is -0.0885. The summed E-state index contributed by atoms with van der Waals surface area (Å²) in [4.78, 5) is 15.5. The average Bonchev–Trinajstić information content (AvgIpc) is 2.30. The number of unbranched alkanes of at least 4 members (excludes halogenated alkanes) is 2. The summed E-state index contributed by atoms with van der Waals surface area (Å²) in [6, 6.07) is 5.33. The van der Waals surface area contributed by atoms with Crippen molar-refractivity contribution in [3.05, 3.63) is 30.1 Å². The first-order valence-corrected chi connectivity index (χ1v) is 6.22. The molecule has 0 aliphatic carbocycles. The van der Waals surface area contributed by atoms with Crippen LogP contribution in [0.3, 0.4) is 0 Å². The van der Waals surface area contributed by atoms with Gasteiger partial charge in [-0.15, -0.1) is 0 Å². The molecule has 82 valence electrons. The summed E-state index contributed by atoms with van der Waals surface area (Å²) in [6.45, 7) is 0.725. The molecule has 1 heterocycles. The van der Waals surface area contributed by atoms with Crippen molar-refractivity contribution < 1.29 is 4.79 Å². The van der Waals surface area contributed by atoms with Crippen molar-refractivity contribution in [3.63, 3.8) is 0 Å². The van der Waals surface area contributed by atoms with Gasteiger partial charge < -0.3 is 5.32 Å². The fourth-order valence-corrected chi connectivity index (χ4v) is 1.58. The van der Waals surface area contributed by atoms with E-state index in [-0.39, 0.29) is 5.91 Å². The van der Waals surface area contributed by atoms with E-state index in [1.807, 2.05) is 6.07 Å². The number of pyridine rings is 1. The van der Waals surface area contributed by atoms with Gasteiger partial charge in [-0.2, -0.15) is 0 Å². The number of alkyl halides is 1. The first-order chi connectivity index (χ1) is 7.34. The van der Waals surface area contributed by atoms with Crippen molar-refractivity contribution in [2.24, 2.45) is 0 Å². The van der Waals surface area contributed by atoms with Crippen LogP contribution in [0.25, 0.3) is 0 Å². The summed E-state index contributed by atoms with van der Waals surface area (Å²) < 4.78 is 0. The number of hydrogen-bond acceptors (Lipinski definition) is 2. The second-order valence-electron chi connectivity index (χ2n) is 3.22. The fraction of sp³-hybridized carbons (Fsp3) is 0.455. The maximum Gasteiger partial charge on any atom is 0.269 e. The van der Waals surface area contributed by atoms with Crippen molar-refractivity contribution >= 4 is 21.8 Å². The van der Waals surface area contributed by atoms with Crippen LogP contribution in [0.2, 0.25) is 0 Å². The van der Waals surface area contributed by atoms with Gasteiger partial charge in [-0.25, -0.2) is 0 Å². The Labute approximate surface area is 98.4 Å². The predicted octanol–water partition coefficient (Wildman–Crippen LogP) is 2.38. The summed E-state index contributed by atoms with van der Waals surface area (Å²) in [6.07, 6.45) is 4.93. The SMILES string of the molecule is O=C(NCCCCCBr)c1ccccn1. The zero-order chi connectivity index (χ0) is 10.9. The monoisotopic (exact) mass is 270 g/mol. The average molecular weight is 271 g/mol. The highest BCUT2D eigenvalue weighted by Gasteiger charge is 2.03. The van der Waals surface area contributed by atoms with Gasteiger partial charge in [0.15, 0.2) is 0 Å². The van der Waals surface area contributed by atoms with E-state index >= 15 is 0 Å². The van der Waals surface area contributed by atoms with Gasteiger partial charge in [-0.1, -0.05) is 28.4 Å². The third kappa shape index (κ3) is 4.93. The van der Waals surface area contributed by atoms with Crippen LogP contribution in [-0.2, 0) is 0 Å². The van der Waals surface area contributed by atoms with Crippen molar-refractivity contribution in [1.82, 2.24) is 10.3 Å². The number of rotatable bonds is 6. The summed E-state index contributed by atoms with van der Waals surface area (Å²) in [7, 11) is 0. The van der Waals surface area contributed by atoms with Crippen molar-refractivity contribution in [2.75, 3.05) is 11.9 Å². The van der Waals surface area contributed by atoms with E-state index in [0.717, 1.165) is 31.1 Å². The molecule has 0 radical (unpaired) electrons. The topological polar surface area (TPSA) is 42.0 Å². The molecule has 1 amide bonds. The molecule has 1 aromatic rings. The molecule has 0 aliphatic rings. The van der Waals surface area contributed by atoms with Crippen LogP contribution in [0.1, 0.15) is 29.8 Å². The van der Waals surface area contributed by atoms with Gasteiger partial charge in [0.1, 0.15) is 5.69 Å². The molecule has 0 atom stereocenters. The van der Waals surface area contributed by atoms with E-state index in [0.29, 0.717) is 5.69 Å². The number of amides is 1. The van der Waals surface area contributed by atoms with E-state index in [1.165, 1.54) is 0 Å². The molecule has 1 aromatic heterocycles. The smallest absolute Gasteiger partial charge is 0.269 e. The van der Waals surface area contributed by atoms with Crippen molar-refractivity contribution in [1.29, 1.82) is 0 Å². The molecule has 4 heteroatoms. The highest BCUT2D eigenvalue weighted by atomic mass is 79.9. The number of halogens is 1. The maximum absolute atomic E-state index is 11.5. The van der Waals surface area contributed by atoms with E-state index in [4.69, 9.17) is 0 Å². The Hall–Kier alpha value is -0.900. The maximum atomic E-state index is 11.5. The number of carbonyl (C=O) groups is 1. The molecule has 0 bridgehead atoms. The van der Waals surface area contributed by atoms with Gasteiger partial charge in [0.05, 0.1) is 0 Å². The molecule has 0 saturated carbocycles. The lowest BCUT2D eigenvalue weighted by Crippen LogP contribution is -2.25. The van der Waals surface area contributed by atoms with Gasteiger partial charge in [0.25, 0.3) is 5.91 Å². The molecule has 3 nitrogen and oxygen atoms in total. The zero-order valence-corrected chi connectivity index (χ0v) is 10.2. The van der Waals surface area contributed by atoms with Crippen LogP contribution in [0.4, 0.5) is 0 Å². The van der Waals surface area contributed by atoms with Crippen LogP contribution >= 0.6 is 15.9 Å². The van der Waals surface area contributed by atoms with E-state index < -0.39 is 0 Å². The lowest BCUT2D eigenvalue weighted by atomic mass is 10.2. The molecular formula is C11H15BrN2O. The van der Waals surface area contributed by atoms with Crippen LogP contribution in [-0.4, -0.2) is 22.8 Å². The third-order valence-electron chi connectivity index (χ3n) is 1.99. The number of aromatic nitrogens is 1. The van der Waals surface area contributed by atoms with Crippen LogP contribution < -0.4 is 5.32 Å². The summed E-state index contributed by atoms with van der Waals surface area (Å²) in [5.41, 5.74) is 0.484. The predicted molar refractivity (Wildman–Crippen MR) is 64.2 cm³/mol. The Balaban J connectivity index is 2.20. The minimum absolute atomic E-state index is 0.0885. The minimum atomic E-state index is -0.0885. The molecule has 0 spiro atoms. The second kappa shape index (κ2) is 7.40. The van der Waals surface area contributed by atoms with Gasteiger partial charge in [-0.05, 0) is 25.0 Å².